The maximum atomic E-state index is 12.6. The topological polar surface area (TPSA) is 113 Å². The monoisotopic (exact) mass is 402 g/mol. The van der Waals surface area contributed by atoms with Crippen LogP contribution in [0.3, 0.4) is 0 Å². The quantitative estimate of drug-likeness (QED) is 0.584. The van der Waals surface area contributed by atoms with Gasteiger partial charge in [0.15, 0.2) is 0 Å². The minimum absolute atomic E-state index is 0.000779. The number of hydrogen-bond acceptors (Lipinski definition) is 5. The fraction of sp³-hybridized carbons (Fsp3) is 0. The van der Waals surface area contributed by atoms with Crippen LogP contribution in [0.15, 0.2) is 70.9 Å². The molecule has 1 heterocycles. The fourth-order valence-corrected chi connectivity index (χ4v) is 4.69. The zero-order valence-electron chi connectivity index (χ0n) is 13.7. The Hall–Kier alpha value is -3.17. The molecular formula is C18H14N2O5S2. The zero-order chi connectivity index (χ0) is 19.4. The number of hydrogen-bond donors (Lipinski definition) is 3. The molecule has 2 aromatic carbocycles. The van der Waals surface area contributed by atoms with Gasteiger partial charge in [-0.3, -0.25) is 9.52 Å². The molecule has 1 amide bonds. The molecule has 0 saturated heterocycles. The molecule has 138 valence electrons. The molecule has 3 N–H and O–H groups in total. The van der Waals surface area contributed by atoms with Crippen molar-refractivity contribution in [2.75, 3.05) is 10.0 Å². The van der Waals surface area contributed by atoms with E-state index in [2.05, 4.69) is 10.0 Å². The first-order valence-electron chi connectivity index (χ1n) is 7.67. The van der Waals surface area contributed by atoms with Gasteiger partial charge in [0, 0.05) is 11.4 Å². The van der Waals surface area contributed by atoms with Crippen molar-refractivity contribution in [2.24, 2.45) is 0 Å². The van der Waals surface area contributed by atoms with E-state index < -0.39 is 21.9 Å². The smallest absolute Gasteiger partial charge is 0.335 e. The van der Waals surface area contributed by atoms with E-state index >= 15 is 0 Å². The van der Waals surface area contributed by atoms with Crippen molar-refractivity contribution in [1.82, 2.24) is 0 Å². The third kappa shape index (κ3) is 4.33. The standard InChI is InChI=1S/C18H14N2O5S2/c21-17(19-14-8-4-5-12(11-14)18(22)23)16-15(9-10-26-16)27(24,25)20-13-6-2-1-3-7-13/h1-11,20H,(H,19,21)(H,22,23). The van der Waals surface area contributed by atoms with Crippen LogP contribution in [-0.4, -0.2) is 25.4 Å². The third-order valence-corrected chi connectivity index (χ3v) is 5.98. The first-order valence-corrected chi connectivity index (χ1v) is 10.0. The van der Waals surface area contributed by atoms with Crippen LogP contribution in [0.2, 0.25) is 0 Å². The van der Waals surface area contributed by atoms with Gasteiger partial charge in [-0.15, -0.1) is 11.3 Å². The number of rotatable bonds is 6. The molecule has 7 nitrogen and oxygen atoms in total. The van der Waals surface area contributed by atoms with Gasteiger partial charge in [-0.1, -0.05) is 24.3 Å². The minimum Gasteiger partial charge on any atom is -0.478 e. The number of thiophene rings is 1. The van der Waals surface area contributed by atoms with Gasteiger partial charge >= 0.3 is 5.97 Å². The van der Waals surface area contributed by atoms with Crippen molar-refractivity contribution >= 4 is 44.6 Å². The van der Waals surface area contributed by atoms with Crippen molar-refractivity contribution in [3.63, 3.8) is 0 Å². The van der Waals surface area contributed by atoms with Crippen molar-refractivity contribution in [1.29, 1.82) is 0 Å². The number of carboxylic acids is 1. The molecule has 0 aliphatic carbocycles. The molecule has 1 aromatic heterocycles. The van der Waals surface area contributed by atoms with E-state index in [-0.39, 0.29) is 21.0 Å². The molecular weight excluding hydrogens is 388 g/mol. The average Bonchev–Trinajstić information content (AvgIpc) is 3.13. The summed E-state index contributed by atoms with van der Waals surface area (Å²) in [4.78, 5) is 23.4. The molecule has 9 heteroatoms. The molecule has 0 radical (unpaired) electrons. The number of carbonyl (C=O) groups is 2. The van der Waals surface area contributed by atoms with Gasteiger partial charge in [0.25, 0.3) is 15.9 Å². The molecule has 0 bridgehead atoms. The Balaban J connectivity index is 1.85. The van der Waals surface area contributed by atoms with E-state index in [0.717, 1.165) is 11.3 Å². The van der Waals surface area contributed by atoms with Crippen LogP contribution in [0.4, 0.5) is 11.4 Å². The lowest BCUT2D eigenvalue weighted by atomic mass is 10.2. The van der Waals surface area contributed by atoms with Crippen LogP contribution in [-0.2, 0) is 10.0 Å². The summed E-state index contributed by atoms with van der Waals surface area (Å²) in [5.41, 5.74) is 0.648. The highest BCUT2D eigenvalue weighted by atomic mass is 32.2. The van der Waals surface area contributed by atoms with Crippen LogP contribution in [0.5, 0.6) is 0 Å². The lowest BCUT2D eigenvalue weighted by Crippen LogP contribution is -2.18. The van der Waals surface area contributed by atoms with E-state index in [1.807, 2.05) is 0 Å². The maximum Gasteiger partial charge on any atom is 0.335 e. The van der Waals surface area contributed by atoms with Gasteiger partial charge in [-0.05, 0) is 41.8 Å². The summed E-state index contributed by atoms with van der Waals surface area (Å²) in [5.74, 6) is -1.77. The summed E-state index contributed by atoms with van der Waals surface area (Å²) >= 11 is 0.977. The predicted molar refractivity (Wildman–Crippen MR) is 103 cm³/mol. The van der Waals surface area contributed by atoms with E-state index in [4.69, 9.17) is 5.11 Å². The number of sulfonamides is 1. The molecule has 0 atom stereocenters. The van der Waals surface area contributed by atoms with Crippen molar-refractivity contribution in [2.45, 2.75) is 4.90 Å². The molecule has 0 aliphatic rings. The second-order valence-electron chi connectivity index (χ2n) is 5.43. The first kappa shape index (κ1) is 18.6. The van der Waals surface area contributed by atoms with Crippen LogP contribution < -0.4 is 10.0 Å². The summed E-state index contributed by atoms with van der Waals surface area (Å²) in [7, 11) is -3.95. The number of amides is 1. The Kier molecular flexibility index (Phi) is 5.24. The largest absolute Gasteiger partial charge is 0.478 e. The Labute approximate surface area is 159 Å². The number of aromatic carboxylic acids is 1. The summed E-state index contributed by atoms with van der Waals surface area (Å²) in [6.07, 6.45) is 0. The van der Waals surface area contributed by atoms with Gasteiger partial charge in [0.05, 0.1) is 5.56 Å². The van der Waals surface area contributed by atoms with E-state index in [0.29, 0.717) is 5.69 Å². The second-order valence-corrected chi connectivity index (χ2v) is 7.99. The van der Waals surface area contributed by atoms with E-state index in [1.165, 1.54) is 35.7 Å². The number of carboxylic acid groups (broad SMARTS) is 1. The predicted octanol–water partition coefficient (Wildman–Crippen LogP) is 3.50. The zero-order valence-corrected chi connectivity index (χ0v) is 15.4. The maximum absolute atomic E-state index is 12.6. The lowest BCUT2D eigenvalue weighted by molar-refractivity contribution is 0.0696. The van der Waals surface area contributed by atoms with Crippen molar-refractivity contribution in [3.8, 4) is 0 Å². The number of para-hydroxylation sites is 1. The number of nitrogens with one attached hydrogen (secondary N) is 2. The molecule has 0 fully saturated rings. The lowest BCUT2D eigenvalue weighted by Gasteiger charge is -2.09. The van der Waals surface area contributed by atoms with Gasteiger partial charge in [-0.2, -0.15) is 0 Å². The highest BCUT2D eigenvalue weighted by molar-refractivity contribution is 7.93. The van der Waals surface area contributed by atoms with Gasteiger partial charge in [0.2, 0.25) is 0 Å². The minimum atomic E-state index is -3.95. The van der Waals surface area contributed by atoms with Crippen molar-refractivity contribution in [3.05, 3.63) is 76.5 Å². The Bertz CT molecular complexity index is 1090. The Morgan fingerprint density at radius 2 is 1.63 bits per heavy atom. The molecule has 0 unspecified atom stereocenters. The van der Waals surface area contributed by atoms with E-state index in [9.17, 15) is 18.0 Å². The number of benzene rings is 2. The SMILES string of the molecule is O=C(O)c1cccc(NC(=O)c2sccc2S(=O)(=O)Nc2ccccc2)c1. The fourth-order valence-electron chi connectivity index (χ4n) is 2.31. The van der Waals surface area contributed by atoms with Gasteiger partial charge in [-0.25, -0.2) is 13.2 Å². The van der Waals surface area contributed by atoms with Crippen LogP contribution in [0, 0.1) is 0 Å². The molecule has 0 saturated carbocycles. The average molecular weight is 402 g/mol. The Morgan fingerprint density at radius 3 is 2.33 bits per heavy atom. The van der Waals surface area contributed by atoms with E-state index in [1.54, 1.807) is 30.3 Å². The highest BCUT2D eigenvalue weighted by Crippen LogP contribution is 2.25. The third-order valence-electron chi connectivity index (χ3n) is 3.52. The second kappa shape index (κ2) is 7.60. The number of anilines is 2. The highest BCUT2D eigenvalue weighted by Gasteiger charge is 2.24. The van der Waals surface area contributed by atoms with Gasteiger partial charge < -0.3 is 10.4 Å². The van der Waals surface area contributed by atoms with Gasteiger partial charge in [0.1, 0.15) is 9.77 Å². The summed E-state index contributed by atoms with van der Waals surface area (Å²) in [6, 6.07) is 15.4. The molecule has 0 aliphatic heterocycles. The summed E-state index contributed by atoms with van der Waals surface area (Å²) in [6.45, 7) is 0. The molecule has 3 aromatic rings. The normalized spacial score (nSPS) is 11.0. The molecule has 27 heavy (non-hydrogen) atoms. The Morgan fingerprint density at radius 1 is 0.926 bits per heavy atom. The molecule has 3 rings (SSSR count). The summed E-state index contributed by atoms with van der Waals surface area (Å²) < 4.78 is 27.7. The number of carbonyl (C=O) groups excluding carboxylic acids is 1. The molecule has 0 spiro atoms. The summed E-state index contributed by atoms with van der Waals surface area (Å²) in [5, 5.41) is 13.1. The first-order chi connectivity index (χ1) is 12.9. The van der Waals surface area contributed by atoms with Crippen molar-refractivity contribution < 1.29 is 23.1 Å². The van der Waals surface area contributed by atoms with Crippen LogP contribution >= 0.6 is 11.3 Å². The van der Waals surface area contributed by atoms with Crippen LogP contribution in [0.1, 0.15) is 20.0 Å². The van der Waals surface area contributed by atoms with Crippen LogP contribution in [0.25, 0.3) is 0 Å².